The first-order valence-corrected chi connectivity index (χ1v) is 8.60. The highest BCUT2D eigenvalue weighted by molar-refractivity contribution is 6.34. The predicted octanol–water partition coefficient (Wildman–Crippen LogP) is 5.57. The van der Waals surface area contributed by atoms with E-state index in [1.54, 1.807) is 6.33 Å². The zero-order valence-corrected chi connectivity index (χ0v) is 14.6. The smallest absolute Gasteiger partial charge is 0.209 e. The molecular formula is C22H15ClN2O. The third kappa shape index (κ3) is 3.05. The Morgan fingerprint density at radius 1 is 0.885 bits per heavy atom. The lowest BCUT2D eigenvalue weighted by Crippen LogP contribution is -2.08. The van der Waals surface area contributed by atoms with Gasteiger partial charge in [0.1, 0.15) is 6.33 Å². The van der Waals surface area contributed by atoms with Crippen LogP contribution in [0, 0.1) is 0 Å². The monoisotopic (exact) mass is 358 g/mol. The summed E-state index contributed by atoms with van der Waals surface area (Å²) in [6.45, 7) is 0. The van der Waals surface area contributed by atoms with Crippen molar-refractivity contribution in [2.45, 2.75) is 0 Å². The molecule has 4 rings (SSSR count). The van der Waals surface area contributed by atoms with Crippen molar-refractivity contribution in [3.8, 4) is 0 Å². The quantitative estimate of drug-likeness (QED) is 0.353. The lowest BCUT2D eigenvalue weighted by molar-refractivity contribution is 0.105. The molecule has 4 heteroatoms. The number of hydrogen-bond donors (Lipinski definition) is 0. The van der Waals surface area contributed by atoms with Crippen LogP contribution in [0.4, 0.5) is 0 Å². The molecule has 0 atom stereocenters. The molecule has 3 aromatic carbocycles. The number of para-hydroxylation sites is 2. The molecule has 3 nitrogen and oxygen atoms in total. The van der Waals surface area contributed by atoms with Crippen LogP contribution in [0.2, 0.25) is 5.02 Å². The van der Waals surface area contributed by atoms with Crippen molar-refractivity contribution in [1.29, 1.82) is 0 Å². The SMILES string of the molecule is O=C(C(=Cc1ccccc1Cl)n1cnc2ccccc21)c1ccccc1. The van der Waals surface area contributed by atoms with Crippen LogP contribution in [0.5, 0.6) is 0 Å². The van der Waals surface area contributed by atoms with Crippen LogP contribution < -0.4 is 0 Å². The van der Waals surface area contributed by atoms with Crippen LogP contribution in [-0.2, 0) is 0 Å². The number of carbonyl (C=O) groups is 1. The molecule has 1 aromatic heterocycles. The van der Waals surface area contributed by atoms with E-state index in [0.717, 1.165) is 16.6 Å². The molecule has 0 unspecified atom stereocenters. The molecule has 126 valence electrons. The van der Waals surface area contributed by atoms with Crippen molar-refractivity contribution >= 4 is 40.2 Å². The summed E-state index contributed by atoms with van der Waals surface area (Å²) in [5.41, 5.74) is 3.60. The topological polar surface area (TPSA) is 34.9 Å². The highest BCUT2D eigenvalue weighted by Gasteiger charge is 2.17. The van der Waals surface area contributed by atoms with Crippen molar-refractivity contribution in [3.63, 3.8) is 0 Å². The van der Waals surface area contributed by atoms with Gasteiger partial charge in [0.15, 0.2) is 0 Å². The summed E-state index contributed by atoms with van der Waals surface area (Å²) in [6, 6.07) is 24.4. The second kappa shape index (κ2) is 6.98. The first kappa shape index (κ1) is 16.3. The highest BCUT2D eigenvalue weighted by Crippen LogP contribution is 2.25. The number of benzene rings is 3. The lowest BCUT2D eigenvalue weighted by atomic mass is 10.1. The maximum absolute atomic E-state index is 13.2. The fourth-order valence-electron chi connectivity index (χ4n) is 2.87. The van der Waals surface area contributed by atoms with Gasteiger partial charge in [-0.3, -0.25) is 9.36 Å². The van der Waals surface area contributed by atoms with Crippen molar-refractivity contribution in [2.24, 2.45) is 0 Å². The number of Topliss-reactive ketones (excluding diaryl/α,β-unsaturated/α-hetero) is 1. The van der Waals surface area contributed by atoms with Crippen LogP contribution in [0.3, 0.4) is 0 Å². The predicted molar refractivity (Wildman–Crippen MR) is 106 cm³/mol. The molecule has 26 heavy (non-hydrogen) atoms. The van der Waals surface area contributed by atoms with Crippen LogP contribution >= 0.6 is 11.6 Å². The van der Waals surface area contributed by atoms with Gasteiger partial charge >= 0.3 is 0 Å². The summed E-state index contributed by atoms with van der Waals surface area (Å²) < 4.78 is 1.81. The van der Waals surface area contributed by atoms with Gasteiger partial charge in [0, 0.05) is 10.6 Å². The maximum Gasteiger partial charge on any atom is 0.209 e. The molecule has 0 N–H and O–H groups in total. The number of fused-ring (bicyclic) bond motifs is 1. The Kier molecular flexibility index (Phi) is 4.38. The highest BCUT2D eigenvalue weighted by atomic mass is 35.5. The Hall–Kier alpha value is -3.17. The van der Waals surface area contributed by atoms with E-state index in [4.69, 9.17) is 11.6 Å². The van der Waals surface area contributed by atoms with Gasteiger partial charge in [-0.15, -0.1) is 0 Å². The number of ketones is 1. The minimum absolute atomic E-state index is 0.0892. The summed E-state index contributed by atoms with van der Waals surface area (Å²) in [5, 5.41) is 0.593. The summed E-state index contributed by atoms with van der Waals surface area (Å²) in [5.74, 6) is -0.0892. The number of nitrogens with zero attached hydrogens (tertiary/aromatic N) is 2. The molecule has 4 aromatic rings. The number of hydrogen-bond acceptors (Lipinski definition) is 2. The first-order valence-electron chi connectivity index (χ1n) is 8.22. The molecule has 0 bridgehead atoms. The van der Waals surface area contributed by atoms with Crippen molar-refractivity contribution in [3.05, 3.63) is 101 Å². The average molecular weight is 359 g/mol. The molecule has 0 aliphatic carbocycles. The van der Waals surface area contributed by atoms with E-state index in [0.29, 0.717) is 16.3 Å². The third-order valence-corrected chi connectivity index (χ3v) is 4.52. The van der Waals surface area contributed by atoms with Crippen molar-refractivity contribution in [2.75, 3.05) is 0 Å². The maximum atomic E-state index is 13.2. The molecule has 0 aliphatic rings. The lowest BCUT2D eigenvalue weighted by Gasteiger charge is -2.10. The summed E-state index contributed by atoms with van der Waals surface area (Å²) in [7, 11) is 0. The van der Waals surface area contributed by atoms with E-state index in [1.807, 2.05) is 89.5 Å². The Labute approximate surface area is 156 Å². The number of aromatic nitrogens is 2. The van der Waals surface area contributed by atoms with E-state index in [9.17, 15) is 4.79 Å². The van der Waals surface area contributed by atoms with Crippen molar-refractivity contribution in [1.82, 2.24) is 9.55 Å². The zero-order chi connectivity index (χ0) is 17.9. The average Bonchev–Trinajstić information content (AvgIpc) is 3.11. The number of carbonyl (C=O) groups excluding carboxylic acids is 1. The van der Waals surface area contributed by atoms with E-state index in [-0.39, 0.29) is 5.78 Å². The van der Waals surface area contributed by atoms with Gasteiger partial charge < -0.3 is 0 Å². The normalized spacial score (nSPS) is 11.7. The largest absolute Gasteiger partial charge is 0.295 e. The fraction of sp³-hybridized carbons (Fsp3) is 0. The molecule has 1 heterocycles. The van der Waals surface area contributed by atoms with Gasteiger partial charge in [-0.05, 0) is 29.8 Å². The van der Waals surface area contributed by atoms with Crippen LogP contribution in [0.15, 0.2) is 85.2 Å². The van der Waals surface area contributed by atoms with E-state index >= 15 is 0 Å². The number of allylic oxidation sites excluding steroid dienone is 1. The summed E-state index contributed by atoms with van der Waals surface area (Å²) in [4.78, 5) is 17.7. The standard InChI is InChI=1S/C22H15ClN2O/c23-18-11-5-4-10-17(18)14-21(22(26)16-8-2-1-3-9-16)25-15-24-19-12-6-7-13-20(19)25/h1-15H. The fourth-order valence-corrected chi connectivity index (χ4v) is 3.06. The van der Waals surface area contributed by atoms with Crippen LogP contribution in [0.25, 0.3) is 22.8 Å². The van der Waals surface area contributed by atoms with Gasteiger partial charge in [-0.2, -0.15) is 0 Å². The van der Waals surface area contributed by atoms with Crippen LogP contribution in [0.1, 0.15) is 15.9 Å². The molecule has 0 saturated heterocycles. The summed E-state index contributed by atoms with van der Waals surface area (Å²) >= 11 is 6.32. The number of imidazole rings is 1. The Morgan fingerprint density at radius 3 is 2.38 bits per heavy atom. The van der Waals surface area contributed by atoms with E-state index < -0.39 is 0 Å². The molecular weight excluding hydrogens is 344 g/mol. The van der Waals surface area contributed by atoms with Gasteiger partial charge in [0.2, 0.25) is 5.78 Å². The van der Waals surface area contributed by atoms with Gasteiger partial charge in [0.25, 0.3) is 0 Å². The van der Waals surface area contributed by atoms with Crippen molar-refractivity contribution < 1.29 is 4.79 Å². The third-order valence-electron chi connectivity index (χ3n) is 4.18. The Morgan fingerprint density at radius 2 is 1.58 bits per heavy atom. The summed E-state index contributed by atoms with van der Waals surface area (Å²) in [6.07, 6.45) is 3.49. The van der Waals surface area contributed by atoms with Crippen LogP contribution in [-0.4, -0.2) is 15.3 Å². The van der Waals surface area contributed by atoms with E-state index in [1.165, 1.54) is 0 Å². The second-order valence-corrected chi connectivity index (χ2v) is 6.26. The molecule has 0 aliphatic heterocycles. The zero-order valence-electron chi connectivity index (χ0n) is 13.8. The van der Waals surface area contributed by atoms with Gasteiger partial charge in [0.05, 0.1) is 16.7 Å². The second-order valence-electron chi connectivity index (χ2n) is 5.85. The minimum Gasteiger partial charge on any atom is -0.295 e. The molecule has 0 saturated carbocycles. The number of halogens is 1. The minimum atomic E-state index is -0.0892. The molecule has 0 fully saturated rings. The van der Waals surface area contributed by atoms with Gasteiger partial charge in [-0.1, -0.05) is 72.3 Å². The molecule has 0 spiro atoms. The first-order chi connectivity index (χ1) is 12.7. The molecule has 0 radical (unpaired) electrons. The molecule has 0 amide bonds. The number of rotatable bonds is 4. The van der Waals surface area contributed by atoms with Gasteiger partial charge in [-0.25, -0.2) is 4.98 Å². The van der Waals surface area contributed by atoms with E-state index in [2.05, 4.69) is 4.98 Å². The Bertz CT molecular complexity index is 1110. The Balaban J connectivity index is 1.93.